The van der Waals surface area contributed by atoms with Crippen LogP contribution in [0.25, 0.3) is 16.8 Å². The summed E-state index contributed by atoms with van der Waals surface area (Å²) in [5, 5.41) is 2.87. The Morgan fingerprint density at radius 2 is 1.77 bits per heavy atom. The lowest BCUT2D eigenvalue weighted by Crippen LogP contribution is -2.25. The van der Waals surface area contributed by atoms with Crippen LogP contribution >= 0.6 is 0 Å². The van der Waals surface area contributed by atoms with E-state index in [-0.39, 0.29) is 5.91 Å². The largest absolute Gasteiger partial charge is 0.416 e. The lowest BCUT2D eigenvalue weighted by Gasteiger charge is -2.08. The molecule has 4 rings (SSSR count). The lowest BCUT2D eigenvalue weighted by molar-refractivity contribution is -0.137. The number of pyridine rings is 1. The average Bonchev–Trinajstić information content (AvgIpc) is 3.35. The number of benzene rings is 1. The van der Waals surface area contributed by atoms with Crippen molar-refractivity contribution in [1.82, 2.24) is 14.7 Å². The van der Waals surface area contributed by atoms with Gasteiger partial charge < -0.3 is 9.72 Å². The third kappa shape index (κ3) is 3.42. The van der Waals surface area contributed by atoms with Gasteiger partial charge in [-0.15, -0.1) is 0 Å². The van der Waals surface area contributed by atoms with Gasteiger partial charge in [0.15, 0.2) is 0 Å². The summed E-state index contributed by atoms with van der Waals surface area (Å²) in [6, 6.07) is 8.50. The van der Waals surface area contributed by atoms with Gasteiger partial charge in [-0.2, -0.15) is 13.2 Å². The predicted octanol–water partition coefficient (Wildman–Crippen LogP) is 4.16. The maximum atomic E-state index is 12.7. The molecule has 3 aromatic rings. The molecule has 134 valence electrons. The number of imidazole rings is 1. The van der Waals surface area contributed by atoms with Crippen molar-refractivity contribution in [1.29, 1.82) is 0 Å². The van der Waals surface area contributed by atoms with Crippen LogP contribution in [0, 0.1) is 5.92 Å². The average molecular weight is 359 g/mol. The Bertz CT molecular complexity index is 956. The molecular weight excluding hydrogens is 343 g/mol. The van der Waals surface area contributed by atoms with Crippen LogP contribution in [0.4, 0.5) is 13.2 Å². The number of amides is 1. The molecule has 26 heavy (non-hydrogen) atoms. The number of halogens is 3. The predicted molar refractivity (Wildman–Crippen MR) is 90.7 cm³/mol. The van der Waals surface area contributed by atoms with Gasteiger partial charge in [0.05, 0.1) is 5.56 Å². The van der Waals surface area contributed by atoms with E-state index in [1.807, 2.05) is 0 Å². The Kier molecular flexibility index (Phi) is 3.94. The first-order valence-electron chi connectivity index (χ1n) is 8.35. The van der Waals surface area contributed by atoms with Crippen LogP contribution in [0.2, 0.25) is 0 Å². The Morgan fingerprint density at radius 1 is 1.08 bits per heavy atom. The van der Waals surface area contributed by atoms with E-state index in [2.05, 4.69) is 10.3 Å². The number of alkyl halides is 3. The van der Waals surface area contributed by atoms with E-state index < -0.39 is 11.7 Å². The molecule has 4 nitrogen and oxygen atoms in total. The van der Waals surface area contributed by atoms with Crippen molar-refractivity contribution in [3.8, 4) is 11.1 Å². The number of aromatic nitrogens is 2. The molecule has 1 amide bonds. The van der Waals surface area contributed by atoms with Crippen LogP contribution in [-0.2, 0) is 6.18 Å². The zero-order valence-corrected chi connectivity index (χ0v) is 13.8. The summed E-state index contributed by atoms with van der Waals surface area (Å²) in [6.07, 6.45) is 1.34. The van der Waals surface area contributed by atoms with E-state index in [9.17, 15) is 18.0 Å². The number of rotatable bonds is 4. The molecule has 7 heteroatoms. The van der Waals surface area contributed by atoms with Crippen LogP contribution in [0.1, 0.15) is 28.9 Å². The Morgan fingerprint density at radius 3 is 2.42 bits per heavy atom. The summed E-state index contributed by atoms with van der Waals surface area (Å²) in [7, 11) is 0. The quantitative estimate of drug-likeness (QED) is 0.760. The second-order valence-corrected chi connectivity index (χ2v) is 6.54. The number of nitrogens with zero attached hydrogens (tertiary/aromatic N) is 2. The van der Waals surface area contributed by atoms with Gasteiger partial charge in [-0.25, -0.2) is 4.98 Å². The van der Waals surface area contributed by atoms with Crippen molar-refractivity contribution >= 4 is 11.6 Å². The number of hydrogen-bond donors (Lipinski definition) is 1. The van der Waals surface area contributed by atoms with Gasteiger partial charge in [0.25, 0.3) is 5.91 Å². The minimum Gasteiger partial charge on any atom is -0.350 e. The normalized spacial score (nSPS) is 14.6. The van der Waals surface area contributed by atoms with Gasteiger partial charge >= 0.3 is 6.18 Å². The molecule has 1 aliphatic carbocycles. The van der Waals surface area contributed by atoms with E-state index in [1.165, 1.54) is 12.1 Å². The molecule has 0 bridgehead atoms. The third-order valence-corrected chi connectivity index (χ3v) is 4.48. The van der Waals surface area contributed by atoms with Crippen LogP contribution in [-0.4, -0.2) is 21.8 Å². The molecule has 0 spiro atoms. The molecule has 0 unspecified atom stereocenters. The van der Waals surface area contributed by atoms with Crippen LogP contribution in [0.3, 0.4) is 0 Å². The van der Waals surface area contributed by atoms with Crippen LogP contribution in [0.5, 0.6) is 0 Å². The van der Waals surface area contributed by atoms with Crippen molar-refractivity contribution in [2.24, 2.45) is 5.92 Å². The van der Waals surface area contributed by atoms with Crippen molar-refractivity contribution in [2.75, 3.05) is 6.54 Å². The highest BCUT2D eigenvalue weighted by atomic mass is 19.4. The van der Waals surface area contributed by atoms with Crippen LogP contribution < -0.4 is 5.32 Å². The van der Waals surface area contributed by atoms with Gasteiger partial charge in [0.2, 0.25) is 0 Å². The number of nitrogens with one attached hydrogen (secondary N) is 1. The number of carbonyl (C=O) groups excluding carboxylic acids is 1. The maximum Gasteiger partial charge on any atom is 0.416 e. The van der Waals surface area contributed by atoms with Crippen molar-refractivity contribution in [2.45, 2.75) is 19.0 Å². The zero-order chi connectivity index (χ0) is 18.3. The Balaban J connectivity index is 1.57. The lowest BCUT2D eigenvalue weighted by atomic mass is 10.1. The molecule has 1 saturated carbocycles. The highest BCUT2D eigenvalue weighted by Crippen LogP contribution is 2.31. The molecule has 1 aliphatic rings. The van der Waals surface area contributed by atoms with Crippen molar-refractivity contribution < 1.29 is 18.0 Å². The molecule has 1 fully saturated rings. The number of hydrogen-bond acceptors (Lipinski definition) is 2. The minimum atomic E-state index is -4.35. The maximum absolute atomic E-state index is 12.7. The first-order valence-corrected chi connectivity index (χ1v) is 8.35. The highest BCUT2D eigenvalue weighted by molar-refractivity contribution is 5.92. The van der Waals surface area contributed by atoms with Gasteiger partial charge in [-0.1, -0.05) is 12.1 Å². The second-order valence-electron chi connectivity index (χ2n) is 6.54. The Labute approximate surface area is 147 Å². The fourth-order valence-corrected chi connectivity index (χ4v) is 2.77. The molecule has 0 radical (unpaired) electrons. The van der Waals surface area contributed by atoms with Gasteiger partial charge in [-0.05, 0) is 54.2 Å². The highest BCUT2D eigenvalue weighted by Gasteiger charge is 2.30. The van der Waals surface area contributed by atoms with E-state index in [1.54, 1.807) is 28.9 Å². The first kappa shape index (κ1) is 16.6. The van der Waals surface area contributed by atoms with Crippen LogP contribution in [0.15, 0.2) is 48.8 Å². The minimum absolute atomic E-state index is 0.211. The molecule has 0 saturated heterocycles. The van der Waals surface area contributed by atoms with E-state index in [4.69, 9.17) is 0 Å². The number of carbonyl (C=O) groups is 1. The monoisotopic (exact) mass is 359 g/mol. The standard InChI is InChI=1S/C19H16F3N3O/c20-19(21,22)15-6-3-13(4-7-15)14-5-8-17-24-16(11-25(17)10-14)18(26)23-9-12-1-2-12/h3-8,10-12H,1-2,9H2,(H,23,26). The fourth-order valence-electron chi connectivity index (χ4n) is 2.77. The van der Waals surface area contributed by atoms with Gasteiger partial charge in [0.1, 0.15) is 11.3 Å². The summed E-state index contributed by atoms with van der Waals surface area (Å²) in [5.74, 6) is 0.374. The molecule has 2 heterocycles. The van der Waals surface area contributed by atoms with E-state index in [0.29, 0.717) is 29.4 Å². The summed E-state index contributed by atoms with van der Waals surface area (Å²) >= 11 is 0. The molecular formula is C19H16F3N3O. The molecule has 2 aromatic heterocycles. The Hall–Kier alpha value is -2.83. The summed E-state index contributed by atoms with van der Waals surface area (Å²) < 4.78 is 39.7. The summed E-state index contributed by atoms with van der Waals surface area (Å²) in [4.78, 5) is 16.4. The zero-order valence-electron chi connectivity index (χ0n) is 13.8. The third-order valence-electron chi connectivity index (χ3n) is 4.48. The van der Waals surface area contributed by atoms with E-state index in [0.717, 1.165) is 30.5 Å². The summed E-state index contributed by atoms with van der Waals surface area (Å²) in [6.45, 7) is 0.670. The topological polar surface area (TPSA) is 46.4 Å². The van der Waals surface area contributed by atoms with Gasteiger partial charge in [-0.3, -0.25) is 4.79 Å². The van der Waals surface area contributed by atoms with E-state index >= 15 is 0 Å². The van der Waals surface area contributed by atoms with Gasteiger partial charge in [0, 0.05) is 18.9 Å². The molecule has 1 N–H and O–H groups in total. The molecule has 1 aromatic carbocycles. The fraction of sp³-hybridized carbons (Fsp3) is 0.263. The molecule has 0 aliphatic heterocycles. The van der Waals surface area contributed by atoms with Crippen molar-refractivity contribution in [3.63, 3.8) is 0 Å². The first-order chi connectivity index (χ1) is 12.4. The van der Waals surface area contributed by atoms with Crippen molar-refractivity contribution in [3.05, 3.63) is 60.0 Å². The smallest absolute Gasteiger partial charge is 0.350 e. The summed E-state index contributed by atoms with van der Waals surface area (Å²) in [5.41, 5.74) is 1.66. The number of fused-ring (bicyclic) bond motifs is 1. The second kappa shape index (κ2) is 6.16. The molecule has 0 atom stereocenters. The SMILES string of the molecule is O=C(NCC1CC1)c1cn2cc(-c3ccc(C(F)(F)F)cc3)ccc2n1.